The Balaban J connectivity index is 1.68. The molecule has 35 heavy (non-hydrogen) atoms. The van der Waals surface area contributed by atoms with E-state index in [1.54, 1.807) is 30.5 Å². The molecule has 0 aliphatic carbocycles. The lowest BCUT2D eigenvalue weighted by molar-refractivity contribution is -0.134. The molecule has 1 aromatic carbocycles. The van der Waals surface area contributed by atoms with Crippen molar-refractivity contribution in [2.75, 3.05) is 6.54 Å². The lowest BCUT2D eigenvalue weighted by atomic mass is 10.0. The highest BCUT2D eigenvalue weighted by Crippen LogP contribution is 2.29. The predicted molar refractivity (Wildman–Crippen MR) is 132 cm³/mol. The first-order valence-electron chi connectivity index (χ1n) is 10.0. The van der Waals surface area contributed by atoms with Crippen molar-refractivity contribution in [3.05, 3.63) is 77.2 Å². The molecule has 0 aliphatic rings. The second-order valence-electron chi connectivity index (χ2n) is 7.29. The van der Waals surface area contributed by atoms with E-state index in [0.29, 0.717) is 16.1 Å². The lowest BCUT2D eigenvalue weighted by Gasteiger charge is -2.25. The van der Waals surface area contributed by atoms with E-state index in [4.69, 9.17) is 28.4 Å². The van der Waals surface area contributed by atoms with E-state index in [0.717, 1.165) is 16.3 Å². The van der Waals surface area contributed by atoms with Crippen molar-refractivity contribution in [1.82, 2.24) is 20.2 Å². The molecule has 0 fully saturated rings. The van der Waals surface area contributed by atoms with Gasteiger partial charge in [0.05, 0.1) is 22.1 Å². The number of aromatic nitrogens is 1. The van der Waals surface area contributed by atoms with Crippen molar-refractivity contribution in [1.29, 1.82) is 0 Å². The molecule has 0 spiro atoms. The highest BCUT2D eigenvalue weighted by Gasteiger charge is 2.24. The molecule has 1 atom stereocenters. The summed E-state index contributed by atoms with van der Waals surface area (Å²) in [7, 11) is -3.87. The molecule has 186 valence electrons. The summed E-state index contributed by atoms with van der Waals surface area (Å²) in [5, 5.41) is 19.7. The maximum Gasteiger partial charge on any atom is 0.267 e. The van der Waals surface area contributed by atoms with E-state index in [1.165, 1.54) is 35.9 Å². The first kappa shape index (κ1) is 26.4. The average Bonchev–Trinajstić information content (AvgIpc) is 3.35. The highest BCUT2D eigenvalue weighted by atomic mass is 35.5. The molecular formula is C21H23ClN6O5S2. The zero-order chi connectivity index (χ0) is 25.6. The topological polar surface area (TPSA) is 184 Å². The molecule has 2 heterocycles. The summed E-state index contributed by atoms with van der Waals surface area (Å²) in [5.74, 6) is 5.01. The van der Waals surface area contributed by atoms with Gasteiger partial charge < -0.3 is 15.8 Å². The summed E-state index contributed by atoms with van der Waals surface area (Å²) < 4.78 is 27.8. The van der Waals surface area contributed by atoms with E-state index < -0.39 is 22.0 Å². The predicted octanol–water partition coefficient (Wildman–Crippen LogP) is 1.54. The molecule has 14 heteroatoms. The molecule has 11 nitrogen and oxygen atoms in total. The Kier molecular flexibility index (Phi) is 8.67. The Morgan fingerprint density at radius 2 is 2.03 bits per heavy atom. The maximum absolute atomic E-state index is 12.7. The number of amides is 1. The van der Waals surface area contributed by atoms with Crippen LogP contribution in [0, 0.1) is 0 Å². The SMILES string of the molecule is N/C(=C\N(N)[C@@H](Cc1ccc(O)c(Cl)c1)C(=O)NO)CNS(=O)(=O)c1ccc(-c2ccccn2)s1. The molecule has 8 N–H and O–H groups in total. The Labute approximate surface area is 210 Å². The molecule has 0 unspecified atom stereocenters. The fourth-order valence-corrected chi connectivity index (χ4v) is 5.54. The quantitative estimate of drug-likeness (QED) is 0.126. The smallest absolute Gasteiger partial charge is 0.267 e. The van der Waals surface area contributed by atoms with Crippen molar-refractivity contribution in [3.8, 4) is 16.3 Å². The normalized spacial score (nSPS) is 12.8. The standard InChI is InChI=1S/C21H23ClN6O5S2/c22-15-9-13(4-5-18(15)29)10-17(21(30)27-31)28(24)12-14(23)11-26-35(32,33)20-7-6-19(34-20)16-3-1-2-8-25-16/h1-9,12,17,26,29,31H,10-11,23-24H2,(H,27,30)/b14-12-/t17-/m0/s1. The lowest BCUT2D eigenvalue weighted by Crippen LogP contribution is -2.49. The summed E-state index contributed by atoms with van der Waals surface area (Å²) in [6.07, 6.45) is 2.80. The monoisotopic (exact) mass is 538 g/mol. The van der Waals surface area contributed by atoms with Gasteiger partial charge in [-0.1, -0.05) is 23.7 Å². The number of thiophene rings is 1. The maximum atomic E-state index is 12.7. The molecule has 2 aromatic heterocycles. The van der Waals surface area contributed by atoms with Crippen LogP contribution in [0.4, 0.5) is 0 Å². The number of halogens is 1. The Morgan fingerprint density at radius 1 is 1.26 bits per heavy atom. The number of nitrogens with zero attached hydrogens (tertiary/aromatic N) is 2. The van der Waals surface area contributed by atoms with Crippen LogP contribution in [0.1, 0.15) is 5.56 Å². The summed E-state index contributed by atoms with van der Waals surface area (Å²) in [5.41, 5.74) is 8.67. The van der Waals surface area contributed by atoms with E-state index in [1.807, 2.05) is 0 Å². The number of carbonyl (C=O) groups is 1. The zero-order valence-corrected chi connectivity index (χ0v) is 20.5. The number of benzene rings is 1. The Morgan fingerprint density at radius 3 is 2.69 bits per heavy atom. The highest BCUT2D eigenvalue weighted by molar-refractivity contribution is 7.91. The number of aromatic hydroxyl groups is 1. The average molecular weight is 539 g/mol. The van der Waals surface area contributed by atoms with Crippen molar-refractivity contribution in [2.24, 2.45) is 11.6 Å². The largest absolute Gasteiger partial charge is 0.506 e. The first-order valence-corrected chi connectivity index (χ1v) is 12.7. The second-order valence-corrected chi connectivity index (χ2v) is 10.8. The van der Waals surface area contributed by atoms with Crippen LogP contribution in [0.3, 0.4) is 0 Å². The van der Waals surface area contributed by atoms with Gasteiger partial charge in [0.15, 0.2) is 0 Å². The van der Waals surface area contributed by atoms with Crippen LogP contribution in [0.15, 0.2) is 70.8 Å². The fourth-order valence-electron chi connectivity index (χ4n) is 3.00. The van der Waals surface area contributed by atoms with Gasteiger partial charge >= 0.3 is 0 Å². The Bertz CT molecular complexity index is 1320. The van der Waals surface area contributed by atoms with E-state index in [9.17, 15) is 18.3 Å². The molecule has 0 saturated carbocycles. The molecule has 0 radical (unpaired) electrons. The number of hydrogen-bond acceptors (Lipinski definition) is 10. The van der Waals surface area contributed by atoms with Crippen LogP contribution in [0.25, 0.3) is 10.6 Å². The minimum Gasteiger partial charge on any atom is -0.506 e. The summed E-state index contributed by atoms with van der Waals surface area (Å²) in [6.45, 7) is -0.286. The van der Waals surface area contributed by atoms with Crippen LogP contribution >= 0.6 is 22.9 Å². The van der Waals surface area contributed by atoms with Crippen molar-refractivity contribution >= 4 is 38.9 Å². The Hall–Kier alpha value is -3.20. The molecular weight excluding hydrogens is 516 g/mol. The molecule has 0 aliphatic heterocycles. The number of nitrogens with two attached hydrogens (primary N) is 2. The molecule has 3 rings (SSSR count). The van der Waals surface area contributed by atoms with Crippen LogP contribution in [0.2, 0.25) is 5.02 Å². The fraction of sp³-hybridized carbons (Fsp3) is 0.143. The third-order valence-corrected chi connectivity index (χ3v) is 8.06. The third kappa shape index (κ3) is 6.91. The molecule has 3 aromatic rings. The number of nitrogens with one attached hydrogen (secondary N) is 2. The minimum absolute atomic E-state index is 0.00386. The van der Waals surface area contributed by atoms with Gasteiger partial charge in [-0.05, 0) is 42.0 Å². The van der Waals surface area contributed by atoms with Crippen LogP contribution < -0.4 is 21.8 Å². The van der Waals surface area contributed by atoms with Gasteiger partial charge in [-0.3, -0.25) is 15.0 Å². The second kappa shape index (κ2) is 11.5. The number of phenolic OH excluding ortho intramolecular Hbond substituents is 1. The van der Waals surface area contributed by atoms with Gasteiger partial charge in [0.2, 0.25) is 10.0 Å². The summed E-state index contributed by atoms with van der Waals surface area (Å²) in [6, 6.07) is 11.7. The number of hydrogen-bond donors (Lipinski definition) is 6. The van der Waals surface area contributed by atoms with Gasteiger partial charge in [-0.2, -0.15) is 0 Å². The number of carbonyl (C=O) groups excluding carboxylic acids is 1. The first-order chi connectivity index (χ1) is 16.6. The number of rotatable bonds is 10. The van der Waals surface area contributed by atoms with Crippen LogP contribution in [0.5, 0.6) is 5.75 Å². The minimum atomic E-state index is -3.87. The number of sulfonamides is 1. The van der Waals surface area contributed by atoms with Gasteiger partial charge in [0.25, 0.3) is 5.91 Å². The summed E-state index contributed by atoms with van der Waals surface area (Å²) in [4.78, 5) is 17.1. The van der Waals surface area contributed by atoms with E-state index >= 15 is 0 Å². The van der Waals surface area contributed by atoms with E-state index in [-0.39, 0.29) is 33.6 Å². The number of hydrazine groups is 1. The van der Waals surface area contributed by atoms with Crippen molar-refractivity contribution in [2.45, 2.75) is 16.7 Å². The van der Waals surface area contributed by atoms with Gasteiger partial charge in [-0.25, -0.2) is 24.5 Å². The number of pyridine rings is 1. The van der Waals surface area contributed by atoms with Gasteiger partial charge in [0, 0.05) is 24.5 Å². The molecule has 0 bridgehead atoms. The van der Waals surface area contributed by atoms with Gasteiger partial charge in [-0.15, -0.1) is 11.3 Å². The van der Waals surface area contributed by atoms with Crippen LogP contribution in [-0.2, 0) is 21.2 Å². The molecule has 1 amide bonds. The van der Waals surface area contributed by atoms with Gasteiger partial charge in [0.1, 0.15) is 16.0 Å². The third-order valence-electron chi connectivity index (χ3n) is 4.76. The summed E-state index contributed by atoms with van der Waals surface area (Å²) >= 11 is 6.96. The van der Waals surface area contributed by atoms with Crippen LogP contribution in [-0.4, -0.2) is 47.2 Å². The zero-order valence-electron chi connectivity index (χ0n) is 18.1. The number of phenols is 1. The van der Waals surface area contributed by atoms with Crippen molar-refractivity contribution < 1.29 is 23.5 Å². The van der Waals surface area contributed by atoms with Crippen molar-refractivity contribution in [3.63, 3.8) is 0 Å². The number of hydroxylamine groups is 1. The molecule has 0 saturated heterocycles. The van der Waals surface area contributed by atoms with E-state index in [2.05, 4.69) is 9.71 Å².